The van der Waals surface area contributed by atoms with Gasteiger partial charge in [-0.1, -0.05) is 6.07 Å². The van der Waals surface area contributed by atoms with Crippen LogP contribution in [0.4, 0.5) is 25.1 Å². The van der Waals surface area contributed by atoms with E-state index in [1.807, 2.05) is 11.8 Å². The Kier molecular flexibility index (Phi) is 8.74. The summed E-state index contributed by atoms with van der Waals surface area (Å²) < 4.78 is 36.2. The lowest BCUT2D eigenvalue weighted by molar-refractivity contribution is -0.106. The van der Waals surface area contributed by atoms with Gasteiger partial charge >= 0.3 is 6.09 Å². The van der Waals surface area contributed by atoms with Crippen LogP contribution in [0.1, 0.15) is 38.8 Å². The third-order valence-corrected chi connectivity index (χ3v) is 6.79. The molecule has 2 aromatic heterocycles. The third kappa shape index (κ3) is 6.17. The number of phenols is 1. The molecule has 0 saturated carbocycles. The number of aromatic nitrogens is 2. The standard InChI is InChI=1S/C30H34F2N6O4/c1-18-10-11-34-15-23(18)38(17-39)28-20(14-22(32)26(35-28)25-21(31)8-7-9-24(25)40)27(33-6)37-13-12-36(16-19(37)2)29(41)42-30(3,4)5/h7-11,14-15,17,19,40H,12-13,16H2,1-6H3. The average molecular weight is 581 g/mol. The van der Waals surface area contributed by atoms with Crippen LogP contribution in [0.3, 0.4) is 0 Å². The van der Waals surface area contributed by atoms with Crippen LogP contribution in [0, 0.1) is 18.6 Å². The number of anilines is 2. The van der Waals surface area contributed by atoms with Crippen LogP contribution in [0.2, 0.25) is 0 Å². The first-order valence-electron chi connectivity index (χ1n) is 13.4. The highest BCUT2D eigenvalue weighted by molar-refractivity contribution is 6.06. The summed E-state index contributed by atoms with van der Waals surface area (Å²) in [4.78, 5) is 43.0. The number of aliphatic imine (C=N–C) groups is 1. The number of hydrogen-bond donors (Lipinski definition) is 1. The van der Waals surface area contributed by atoms with E-state index in [-0.39, 0.29) is 17.4 Å². The van der Waals surface area contributed by atoms with Gasteiger partial charge in [-0.25, -0.2) is 18.6 Å². The molecule has 4 rings (SSSR count). The quantitative estimate of drug-likeness (QED) is 0.256. The van der Waals surface area contributed by atoms with Crippen LogP contribution >= 0.6 is 0 Å². The lowest BCUT2D eigenvalue weighted by atomic mass is 10.0. The Bertz CT molecular complexity index is 1500. The molecule has 1 saturated heterocycles. The van der Waals surface area contributed by atoms with Gasteiger partial charge in [-0.2, -0.15) is 0 Å². The van der Waals surface area contributed by atoms with E-state index in [0.717, 1.165) is 12.1 Å². The number of carbonyl (C=O) groups excluding carboxylic acids is 2. The van der Waals surface area contributed by atoms with Gasteiger partial charge in [0.05, 0.1) is 23.0 Å². The molecule has 3 heterocycles. The van der Waals surface area contributed by atoms with Crippen molar-refractivity contribution in [1.29, 1.82) is 0 Å². The van der Waals surface area contributed by atoms with Crippen molar-refractivity contribution < 1.29 is 28.2 Å². The van der Waals surface area contributed by atoms with Crippen molar-refractivity contribution in [2.24, 2.45) is 4.99 Å². The van der Waals surface area contributed by atoms with Gasteiger partial charge in [-0.3, -0.25) is 19.7 Å². The summed E-state index contributed by atoms with van der Waals surface area (Å²) in [7, 11) is 1.53. The number of aromatic hydroxyl groups is 1. The maximum Gasteiger partial charge on any atom is 0.410 e. The highest BCUT2D eigenvalue weighted by Gasteiger charge is 2.34. The average Bonchev–Trinajstić information content (AvgIpc) is 2.92. The molecule has 1 aromatic carbocycles. The lowest BCUT2D eigenvalue weighted by Gasteiger charge is -2.42. The van der Waals surface area contributed by atoms with Crippen LogP contribution in [0.5, 0.6) is 5.75 Å². The largest absolute Gasteiger partial charge is 0.507 e. The number of ether oxygens (including phenoxy) is 1. The van der Waals surface area contributed by atoms with Gasteiger partial charge in [-0.15, -0.1) is 0 Å². The molecule has 0 aliphatic carbocycles. The monoisotopic (exact) mass is 580 g/mol. The fraction of sp³-hybridized carbons (Fsp3) is 0.367. The summed E-state index contributed by atoms with van der Waals surface area (Å²) in [5, 5.41) is 10.4. The number of piperazine rings is 1. The van der Waals surface area contributed by atoms with E-state index in [2.05, 4.69) is 15.0 Å². The molecule has 1 aliphatic heterocycles. The number of hydrogen-bond acceptors (Lipinski definition) is 7. The van der Waals surface area contributed by atoms with E-state index in [1.165, 1.54) is 30.3 Å². The maximum absolute atomic E-state index is 15.8. The first-order chi connectivity index (χ1) is 19.9. The second kappa shape index (κ2) is 12.1. The summed E-state index contributed by atoms with van der Waals surface area (Å²) in [6.07, 6.45) is 3.10. The predicted molar refractivity (Wildman–Crippen MR) is 155 cm³/mol. The molecule has 3 aromatic rings. The molecule has 1 fully saturated rings. The fourth-order valence-corrected chi connectivity index (χ4v) is 4.85. The molecule has 1 aliphatic rings. The lowest BCUT2D eigenvalue weighted by Crippen LogP contribution is -2.56. The number of nitrogens with zero attached hydrogens (tertiary/aromatic N) is 6. The summed E-state index contributed by atoms with van der Waals surface area (Å²) in [6, 6.07) is 6.14. The number of pyridine rings is 2. The van der Waals surface area contributed by atoms with Crippen molar-refractivity contribution in [3.05, 3.63) is 65.5 Å². The second-order valence-electron chi connectivity index (χ2n) is 11.0. The summed E-state index contributed by atoms with van der Waals surface area (Å²) in [5.41, 5.74) is -0.360. The summed E-state index contributed by atoms with van der Waals surface area (Å²) >= 11 is 0. The van der Waals surface area contributed by atoms with Gasteiger partial charge in [0.2, 0.25) is 6.41 Å². The normalized spacial score (nSPS) is 15.9. The van der Waals surface area contributed by atoms with Gasteiger partial charge in [0.25, 0.3) is 0 Å². The van der Waals surface area contributed by atoms with Crippen LogP contribution < -0.4 is 4.90 Å². The molecule has 0 bridgehead atoms. The van der Waals surface area contributed by atoms with Crippen LogP contribution in [-0.2, 0) is 9.53 Å². The minimum absolute atomic E-state index is 0.0393. The van der Waals surface area contributed by atoms with E-state index < -0.39 is 40.3 Å². The predicted octanol–water partition coefficient (Wildman–Crippen LogP) is 5.05. The van der Waals surface area contributed by atoms with Crippen molar-refractivity contribution in [3.63, 3.8) is 0 Å². The molecular formula is C30H34F2N6O4. The Balaban J connectivity index is 1.84. The molecule has 0 radical (unpaired) electrons. The van der Waals surface area contributed by atoms with Crippen molar-refractivity contribution in [1.82, 2.24) is 19.8 Å². The molecule has 2 amide bonds. The minimum atomic E-state index is -0.927. The maximum atomic E-state index is 15.8. The molecule has 0 spiro atoms. The van der Waals surface area contributed by atoms with E-state index in [9.17, 15) is 19.1 Å². The number of rotatable bonds is 5. The molecular weight excluding hydrogens is 546 g/mol. The fourth-order valence-electron chi connectivity index (χ4n) is 4.85. The minimum Gasteiger partial charge on any atom is -0.507 e. The van der Waals surface area contributed by atoms with E-state index >= 15 is 4.39 Å². The summed E-state index contributed by atoms with van der Waals surface area (Å²) in [5.74, 6) is -2.05. The van der Waals surface area contributed by atoms with Gasteiger partial charge in [0.15, 0.2) is 11.6 Å². The third-order valence-electron chi connectivity index (χ3n) is 6.79. The van der Waals surface area contributed by atoms with Crippen molar-refractivity contribution in [2.75, 3.05) is 31.6 Å². The van der Waals surface area contributed by atoms with Gasteiger partial charge < -0.3 is 19.6 Å². The van der Waals surface area contributed by atoms with Gasteiger partial charge in [0, 0.05) is 38.9 Å². The van der Waals surface area contributed by atoms with Crippen molar-refractivity contribution in [3.8, 4) is 17.0 Å². The number of carbonyl (C=O) groups is 2. The molecule has 10 nitrogen and oxygen atoms in total. The molecule has 12 heteroatoms. The smallest absolute Gasteiger partial charge is 0.410 e. The van der Waals surface area contributed by atoms with E-state index in [1.54, 1.807) is 44.9 Å². The highest BCUT2D eigenvalue weighted by atomic mass is 19.1. The zero-order chi connectivity index (χ0) is 30.8. The Hall–Kier alpha value is -4.61. The zero-order valence-corrected chi connectivity index (χ0v) is 24.4. The van der Waals surface area contributed by atoms with E-state index in [4.69, 9.17) is 4.74 Å². The molecule has 42 heavy (non-hydrogen) atoms. The Morgan fingerprint density at radius 2 is 1.95 bits per heavy atom. The summed E-state index contributed by atoms with van der Waals surface area (Å²) in [6.45, 7) is 9.99. The number of amides is 2. The SMILES string of the molecule is CN=C(c1cc(F)c(-c2c(O)cccc2F)nc1N(C=O)c1cnccc1C)N1CCN(C(=O)OC(C)(C)C)CC1C. The van der Waals surface area contributed by atoms with Crippen molar-refractivity contribution in [2.45, 2.75) is 46.3 Å². The topological polar surface area (TPSA) is 111 Å². The van der Waals surface area contributed by atoms with Crippen molar-refractivity contribution >= 4 is 29.8 Å². The molecule has 222 valence electrons. The van der Waals surface area contributed by atoms with Gasteiger partial charge in [0.1, 0.15) is 28.7 Å². The highest BCUT2D eigenvalue weighted by Crippen LogP contribution is 2.37. The number of aryl methyl sites for hydroxylation is 1. The Morgan fingerprint density at radius 1 is 1.21 bits per heavy atom. The molecule has 1 N–H and O–H groups in total. The Morgan fingerprint density at radius 3 is 2.55 bits per heavy atom. The van der Waals surface area contributed by atoms with Crippen LogP contribution in [0.25, 0.3) is 11.3 Å². The Labute approximate surface area is 243 Å². The van der Waals surface area contributed by atoms with E-state index in [0.29, 0.717) is 43.1 Å². The molecule has 1 atom stereocenters. The number of phenolic OH excluding ortho intramolecular Hbond substituents is 1. The number of amidine groups is 1. The number of halogens is 2. The second-order valence-corrected chi connectivity index (χ2v) is 11.0. The first-order valence-corrected chi connectivity index (χ1v) is 13.4. The molecule has 1 unspecified atom stereocenters. The van der Waals surface area contributed by atoms with Crippen LogP contribution in [-0.4, -0.2) is 81.5 Å². The zero-order valence-electron chi connectivity index (χ0n) is 24.4. The van der Waals surface area contributed by atoms with Gasteiger partial charge in [-0.05, 0) is 64.4 Å². The first kappa shape index (κ1) is 30.4. The number of benzene rings is 1. The van der Waals surface area contributed by atoms with Crippen LogP contribution in [0.15, 0.2) is 47.7 Å².